The Labute approximate surface area is 108 Å². The Morgan fingerprint density at radius 2 is 2.06 bits per heavy atom. The fourth-order valence-corrected chi connectivity index (χ4v) is 2.41. The quantitative estimate of drug-likeness (QED) is 0.894. The molecule has 1 heterocycles. The Morgan fingerprint density at radius 3 is 2.67 bits per heavy atom. The van der Waals surface area contributed by atoms with Crippen LogP contribution in [0.15, 0.2) is 16.5 Å². The lowest BCUT2D eigenvalue weighted by molar-refractivity contribution is 0.400. The summed E-state index contributed by atoms with van der Waals surface area (Å²) in [7, 11) is 1.68. The summed E-state index contributed by atoms with van der Waals surface area (Å²) in [6, 6.07) is 4.37. The molecule has 0 aliphatic carbocycles. The molecule has 0 fully saturated rings. The highest BCUT2D eigenvalue weighted by Crippen LogP contribution is 2.35. The van der Waals surface area contributed by atoms with Crippen molar-refractivity contribution < 1.29 is 9.15 Å². The lowest BCUT2D eigenvalue weighted by atomic mass is 10.1. The second-order valence-corrected chi connectivity index (χ2v) is 4.71. The van der Waals surface area contributed by atoms with E-state index in [0.29, 0.717) is 0 Å². The van der Waals surface area contributed by atoms with E-state index in [0.717, 1.165) is 29.0 Å². The molecule has 18 heavy (non-hydrogen) atoms. The van der Waals surface area contributed by atoms with Crippen LogP contribution in [0.2, 0.25) is 0 Å². The Bertz CT molecular complexity index is 557. The van der Waals surface area contributed by atoms with E-state index in [-0.39, 0.29) is 6.04 Å². The molecule has 1 N–H and O–H groups in total. The van der Waals surface area contributed by atoms with Crippen molar-refractivity contribution in [2.45, 2.75) is 33.7 Å². The molecule has 3 heteroatoms. The Kier molecular flexibility index (Phi) is 3.62. The summed E-state index contributed by atoms with van der Waals surface area (Å²) in [4.78, 5) is 0. The van der Waals surface area contributed by atoms with Gasteiger partial charge in [0.25, 0.3) is 0 Å². The van der Waals surface area contributed by atoms with Crippen molar-refractivity contribution in [1.82, 2.24) is 5.32 Å². The van der Waals surface area contributed by atoms with Gasteiger partial charge in [0.05, 0.1) is 13.2 Å². The van der Waals surface area contributed by atoms with Gasteiger partial charge in [0.15, 0.2) is 11.3 Å². The third-order valence-electron chi connectivity index (χ3n) is 3.31. The van der Waals surface area contributed by atoms with Gasteiger partial charge in [0.2, 0.25) is 0 Å². The van der Waals surface area contributed by atoms with E-state index < -0.39 is 0 Å². The van der Waals surface area contributed by atoms with Gasteiger partial charge in [0, 0.05) is 10.9 Å². The van der Waals surface area contributed by atoms with Crippen LogP contribution in [0, 0.1) is 13.8 Å². The molecule has 0 saturated carbocycles. The molecule has 98 valence electrons. The summed E-state index contributed by atoms with van der Waals surface area (Å²) >= 11 is 0. The standard InChI is InChI=1S/C15H21NO2/c1-6-16-11(4)14-10(3)12-7-9(2)8-13(17-5)15(12)18-14/h7-8,11,16H,6H2,1-5H3. The summed E-state index contributed by atoms with van der Waals surface area (Å²) in [5.41, 5.74) is 3.23. The van der Waals surface area contributed by atoms with Crippen LogP contribution in [-0.4, -0.2) is 13.7 Å². The van der Waals surface area contributed by atoms with Crippen LogP contribution in [0.5, 0.6) is 5.75 Å². The van der Waals surface area contributed by atoms with Crippen molar-refractivity contribution in [2.75, 3.05) is 13.7 Å². The van der Waals surface area contributed by atoms with Gasteiger partial charge in [-0.2, -0.15) is 0 Å². The summed E-state index contributed by atoms with van der Waals surface area (Å²) in [6.07, 6.45) is 0. The maximum Gasteiger partial charge on any atom is 0.176 e. The number of benzene rings is 1. The van der Waals surface area contributed by atoms with Crippen molar-refractivity contribution in [1.29, 1.82) is 0 Å². The van der Waals surface area contributed by atoms with Crippen LogP contribution in [0.3, 0.4) is 0 Å². The van der Waals surface area contributed by atoms with Crippen LogP contribution in [-0.2, 0) is 0 Å². The van der Waals surface area contributed by atoms with E-state index in [4.69, 9.17) is 9.15 Å². The normalized spacial score (nSPS) is 12.9. The molecule has 0 radical (unpaired) electrons. The molecule has 2 aromatic rings. The minimum atomic E-state index is 0.215. The largest absolute Gasteiger partial charge is 0.493 e. The van der Waals surface area contributed by atoms with Gasteiger partial charge in [0.1, 0.15) is 5.76 Å². The third-order valence-corrected chi connectivity index (χ3v) is 3.31. The second kappa shape index (κ2) is 5.02. The fourth-order valence-electron chi connectivity index (χ4n) is 2.41. The van der Waals surface area contributed by atoms with Crippen LogP contribution in [0.1, 0.15) is 36.8 Å². The SMILES string of the molecule is CCNC(C)c1oc2c(OC)cc(C)cc2c1C. The molecule has 1 unspecified atom stereocenters. The molecule has 2 rings (SSSR count). The van der Waals surface area contributed by atoms with Crippen molar-refractivity contribution in [3.8, 4) is 5.75 Å². The molecular formula is C15H21NO2. The third kappa shape index (κ3) is 2.10. The van der Waals surface area contributed by atoms with Crippen LogP contribution in [0.4, 0.5) is 0 Å². The average Bonchev–Trinajstić information content (AvgIpc) is 2.67. The predicted octanol–water partition coefficient (Wildman–Crippen LogP) is 3.73. The van der Waals surface area contributed by atoms with E-state index in [1.165, 1.54) is 11.1 Å². The van der Waals surface area contributed by atoms with Gasteiger partial charge in [-0.1, -0.05) is 6.92 Å². The molecule has 0 amide bonds. The van der Waals surface area contributed by atoms with Crippen molar-refractivity contribution in [3.05, 3.63) is 29.0 Å². The highest BCUT2D eigenvalue weighted by atomic mass is 16.5. The van der Waals surface area contributed by atoms with E-state index in [9.17, 15) is 0 Å². The number of methoxy groups -OCH3 is 1. The number of hydrogen-bond donors (Lipinski definition) is 1. The lowest BCUT2D eigenvalue weighted by Crippen LogP contribution is -2.17. The minimum Gasteiger partial charge on any atom is -0.493 e. The molecule has 0 aliphatic rings. The Hall–Kier alpha value is -1.48. The first kappa shape index (κ1) is 13.0. The molecule has 1 aromatic carbocycles. The first-order chi connectivity index (χ1) is 8.58. The highest BCUT2D eigenvalue weighted by molar-refractivity contribution is 5.88. The maximum atomic E-state index is 6.00. The first-order valence-electron chi connectivity index (χ1n) is 6.39. The average molecular weight is 247 g/mol. The smallest absolute Gasteiger partial charge is 0.176 e. The van der Waals surface area contributed by atoms with Gasteiger partial charge in [-0.05, 0) is 45.0 Å². The molecule has 0 saturated heterocycles. The fraction of sp³-hybridized carbons (Fsp3) is 0.467. The molecule has 1 atom stereocenters. The van der Waals surface area contributed by atoms with Gasteiger partial charge in [-0.3, -0.25) is 0 Å². The summed E-state index contributed by atoms with van der Waals surface area (Å²) in [6.45, 7) is 9.32. The van der Waals surface area contributed by atoms with Crippen molar-refractivity contribution in [2.24, 2.45) is 0 Å². The predicted molar refractivity (Wildman–Crippen MR) is 74.3 cm³/mol. The van der Waals surface area contributed by atoms with Gasteiger partial charge in [-0.25, -0.2) is 0 Å². The van der Waals surface area contributed by atoms with E-state index in [2.05, 4.69) is 39.1 Å². The Balaban J connectivity index is 2.61. The minimum absolute atomic E-state index is 0.215. The van der Waals surface area contributed by atoms with Gasteiger partial charge < -0.3 is 14.5 Å². The topological polar surface area (TPSA) is 34.4 Å². The van der Waals surface area contributed by atoms with Crippen molar-refractivity contribution >= 4 is 11.0 Å². The molecule has 3 nitrogen and oxygen atoms in total. The number of hydrogen-bond acceptors (Lipinski definition) is 3. The number of nitrogens with one attached hydrogen (secondary N) is 1. The van der Waals surface area contributed by atoms with Gasteiger partial charge >= 0.3 is 0 Å². The zero-order valence-electron chi connectivity index (χ0n) is 11.8. The molecule has 0 aliphatic heterocycles. The molecule has 0 spiro atoms. The summed E-state index contributed by atoms with van der Waals surface area (Å²) in [5, 5.41) is 4.53. The van der Waals surface area contributed by atoms with E-state index in [1.54, 1.807) is 7.11 Å². The number of furan rings is 1. The Morgan fingerprint density at radius 1 is 1.33 bits per heavy atom. The van der Waals surface area contributed by atoms with Gasteiger partial charge in [-0.15, -0.1) is 0 Å². The molecule has 0 bridgehead atoms. The van der Waals surface area contributed by atoms with Crippen molar-refractivity contribution in [3.63, 3.8) is 0 Å². The van der Waals surface area contributed by atoms with Crippen LogP contribution < -0.4 is 10.1 Å². The lowest BCUT2D eigenvalue weighted by Gasteiger charge is -2.09. The second-order valence-electron chi connectivity index (χ2n) is 4.71. The maximum absolute atomic E-state index is 6.00. The summed E-state index contributed by atoms with van der Waals surface area (Å²) in [5.74, 6) is 1.80. The summed E-state index contributed by atoms with van der Waals surface area (Å²) < 4.78 is 11.4. The number of fused-ring (bicyclic) bond motifs is 1. The number of ether oxygens (including phenoxy) is 1. The zero-order valence-corrected chi connectivity index (χ0v) is 11.8. The highest BCUT2D eigenvalue weighted by Gasteiger charge is 2.18. The van der Waals surface area contributed by atoms with Crippen LogP contribution in [0.25, 0.3) is 11.0 Å². The number of rotatable bonds is 4. The zero-order chi connectivity index (χ0) is 13.3. The number of aryl methyl sites for hydroxylation is 2. The first-order valence-corrected chi connectivity index (χ1v) is 6.39. The van der Waals surface area contributed by atoms with E-state index in [1.807, 2.05) is 6.07 Å². The van der Waals surface area contributed by atoms with Crippen LogP contribution >= 0.6 is 0 Å². The molecule has 1 aromatic heterocycles. The van der Waals surface area contributed by atoms with E-state index >= 15 is 0 Å². The molecular weight excluding hydrogens is 226 g/mol. The monoisotopic (exact) mass is 247 g/mol.